The van der Waals surface area contributed by atoms with Gasteiger partial charge in [0.1, 0.15) is 0 Å². The Kier molecular flexibility index (Phi) is 6.29. The van der Waals surface area contributed by atoms with Crippen LogP contribution in [-0.4, -0.2) is 51.6 Å². The molecule has 2 aromatic carbocycles. The SMILES string of the molecule is O=S(=O)(c1ccc(-c2ccc(S(=O)(=O)N3CCCCC3)cc2)cc1)N1CCCCC1. The summed E-state index contributed by atoms with van der Waals surface area (Å²) < 4.78 is 54.3. The summed E-state index contributed by atoms with van der Waals surface area (Å²) in [6.45, 7) is 2.32. The number of piperidine rings is 2. The molecule has 2 fully saturated rings. The normalized spacial score (nSPS) is 19.6. The first-order valence-electron chi connectivity index (χ1n) is 10.6. The summed E-state index contributed by atoms with van der Waals surface area (Å²) in [7, 11) is -6.90. The van der Waals surface area contributed by atoms with Crippen LogP contribution in [0.3, 0.4) is 0 Å². The lowest BCUT2D eigenvalue weighted by Gasteiger charge is -2.26. The lowest BCUT2D eigenvalue weighted by molar-refractivity contribution is 0.346. The van der Waals surface area contributed by atoms with Crippen molar-refractivity contribution in [3.8, 4) is 11.1 Å². The van der Waals surface area contributed by atoms with Crippen LogP contribution in [0.25, 0.3) is 11.1 Å². The quantitative estimate of drug-likeness (QED) is 0.699. The predicted octanol–water partition coefficient (Wildman–Crippen LogP) is 3.70. The Morgan fingerprint density at radius 3 is 1.07 bits per heavy atom. The summed E-state index contributed by atoms with van der Waals surface area (Å²) in [5.74, 6) is 0. The lowest BCUT2D eigenvalue weighted by atomic mass is 10.1. The van der Waals surface area contributed by atoms with E-state index in [0.29, 0.717) is 36.0 Å². The summed E-state index contributed by atoms with van der Waals surface area (Å²) in [6, 6.07) is 13.7. The second-order valence-corrected chi connectivity index (χ2v) is 11.9. The average molecular weight is 449 g/mol. The van der Waals surface area contributed by atoms with Crippen molar-refractivity contribution in [2.24, 2.45) is 0 Å². The van der Waals surface area contributed by atoms with Gasteiger partial charge >= 0.3 is 0 Å². The summed E-state index contributed by atoms with van der Waals surface area (Å²) in [6.07, 6.45) is 5.78. The summed E-state index contributed by atoms with van der Waals surface area (Å²) in [5, 5.41) is 0. The molecule has 0 aromatic heterocycles. The van der Waals surface area contributed by atoms with Crippen molar-refractivity contribution < 1.29 is 16.8 Å². The van der Waals surface area contributed by atoms with Gasteiger partial charge in [-0.15, -0.1) is 0 Å². The minimum Gasteiger partial charge on any atom is -0.207 e. The van der Waals surface area contributed by atoms with E-state index in [2.05, 4.69) is 0 Å². The minimum atomic E-state index is -3.45. The number of nitrogens with zero attached hydrogens (tertiary/aromatic N) is 2. The van der Waals surface area contributed by atoms with Crippen LogP contribution in [0.15, 0.2) is 58.3 Å². The van der Waals surface area contributed by atoms with Crippen LogP contribution in [0.1, 0.15) is 38.5 Å². The molecule has 2 aliphatic rings. The highest BCUT2D eigenvalue weighted by Crippen LogP contribution is 2.27. The molecule has 8 heteroatoms. The molecule has 2 heterocycles. The third-order valence-corrected chi connectivity index (χ3v) is 9.77. The van der Waals surface area contributed by atoms with E-state index in [1.807, 2.05) is 0 Å². The molecule has 6 nitrogen and oxygen atoms in total. The minimum absolute atomic E-state index is 0.303. The zero-order chi connectivity index (χ0) is 21.2. The molecule has 30 heavy (non-hydrogen) atoms. The smallest absolute Gasteiger partial charge is 0.207 e. The molecule has 0 spiro atoms. The number of hydrogen-bond acceptors (Lipinski definition) is 4. The molecular weight excluding hydrogens is 420 g/mol. The second-order valence-electron chi connectivity index (χ2n) is 7.98. The molecule has 0 saturated carbocycles. The maximum Gasteiger partial charge on any atom is 0.243 e. The molecule has 0 amide bonds. The van der Waals surface area contributed by atoms with Crippen molar-refractivity contribution in [3.05, 3.63) is 48.5 Å². The lowest BCUT2D eigenvalue weighted by Crippen LogP contribution is -2.35. The van der Waals surface area contributed by atoms with E-state index in [4.69, 9.17) is 0 Å². The number of hydrogen-bond donors (Lipinski definition) is 0. The monoisotopic (exact) mass is 448 g/mol. The fourth-order valence-corrected chi connectivity index (χ4v) is 7.18. The number of rotatable bonds is 5. The Balaban J connectivity index is 1.52. The van der Waals surface area contributed by atoms with Crippen LogP contribution in [0, 0.1) is 0 Å². The fourth-order valence-electron chi connectivity index (χ4n) is 4.15. The molecule has 0 radical (unpaired) electrons. The van der Waals surface area contributed by atoms with Crippen LogP contribution in [0.2, 0.25) is 0 Å². The van der Waals surface area contributed by atoms with E-state index < -0.39 is 20.0 Å². The highest BCUT2D eigenvalue weighted by Gasteiger charge is 2.27. The van der Waals surface area contributed by atoms with E-state index in [9.17, 15) is 16.8 Å². The van der Waals surface area contributed by atoms with Crippen molar-refractivity contribution in [1.82, 2.24) is 8.61 Å². The molecule has 2 saturated heterocycles. The molecule has 0 aliphatic carbocycles. The maximum absolute atomic E-state index is 12.8. The van der Waals surface area contributed by atoms with Gasteiger partial charge in [-0.3, -0.25) is 0 Å². The molecule has 0 atom stereocenters. The van der Waals surface area contributed by atoms with Gasteiger partial charge in [-0.2, -0.15) is 8.61 Å². The fraction of sp³-hybridized carbons (Fsp3) is 0.455. The van der Waals surface area contributed by atoms with Gasteiger partial charge < -0.3 is 0 Å². The largest absolute Gasteiger partial charge is 0.243 e. The maximum atomic E-state index is 12.8. The molecule has 2 aromatic rings. The molecule has 4 rings (SSSR count). The van der Waals surface area contributed by atoms with Gasteiger partial charge in [0, 0.05) is 26.2 Å². The molecule has 0 N–H and O–H groups in total. The van der Waals surface area contributed by atoms with Crippen molar-refractivity contribution in [1.29, 1.82) is 0 Å². The zero-order valence-corrected chi connectivity index (χ0v) is 18.7. The first-order chi connectivity index (χ1) is 14.4. The zero-order valence-electron chi connectivity index (χ0n) is 17.0. The molecule has 2 aliphatic heterocycles. The standard InChI is InChI=1S/C22H28N2O4S2/c25-29(26,23-15-3-1-4-16-23)21-11-7-19(8-12-21)20-9-13-22(14-10-20)30(27,28)24-17-5-2-6-18-24/h7-14H,1-6,15-18H2. The molecule has 0 unspecified atom stereocenters. The first-order valence-corrected chi connectivity index (χ1v) is 13.5. The highest BCUT2D eigenvalue weighted by atomic mass is 32.2. The van der Waals surface area contributed by atoms with E-state index in [-0.39, 0.29) is 0 Å². The Morgan fingerprint density at radius 1 is 0.467 bits per heavy atom. The topological polar surface area (TPSA) is 74.8 Å². The van der Waals surface area contributed by atoms with Crippen LogP contribution in [0.4, 0.5) is 0 Å². The van der Waals surface area contributed by atoms with E-state index in [1.54, 1.807) is 57.1 Å². The van der Waals surface area contributed by atoms with Crippen molar-refractivity contribution in [2.75, 3.05) is 26.2 Å². The van der Waals surface area contributed by atoms with Gasteiger partial charge in [-0.25, -0.2) is 16.8 Å². The summed E-state index contributed by atoms with van der Waals surface area (Å²) >= 11 is 0. The molecule has 0 bridgehead atoms. The Labute approximate surface area is 179 Å². The van der Waals surface area contributed by atoms with Gasteiger partial charge in [0.05, 0.1) is 9.79 Å². The molecular formula is C22H28N2O4S2. The van der Waals surface area contributed by atoms with Crippen molar-refractivity contribution in [3.63, 3.8) is 0 Å². The summed E-state index contributed by atoms with van der Waals surface area (Å²) in [5.41, 5.74) is 1.71. The number of sulfonamides is 2. The summed E-state index contributed by atoms with van der Waals surface area (Å²) in [4.78, 5) is 0.606. The van der Waals surface area contributed by atoms with Crippen molar-refractivity contribution >= 4 is 20.0 Å². The van der Waals surface area contributed by atoms with E-state index in [1.165, 1.54) is 0 Å². The highest BCUT2D eigenvalue weighted by molar-refractivity contribution is 7.89. The van der Waals surface area contributed by atoms with Gasteiger partial charge in [0.2, 0.25) is 20.0 Å². The van der Waals surface area contributed by atoms with E-state index >= 15 is 0 Å². The Hall–Kier alpha value is -1.74. The first kappa shape index (κ1) is 21.5. The Bertz CT molecular complexity index is 977. The third-order valence-electron chi connectivity index (χ3n) is 5.95. The van der Waals surface area contributed by atoms with Gasteiger partial charge in [-0.1, -0.05) is 37.1 Å². The molecule has 162 valence electrons. The number of benzene rings is 2. The van der Waals surface area contributed by atoms with Crippen LogP contribution in [0.5, 0.6) is 0 Å². The third kappa shape index (κ3) is 4.32. The average Bonchev–Trinajstić information content (AvgIpc) is 2.80. The van der Waals surface area contributed by atoms with Crippen LogP contribution < -0.4 is 0 Å². The van der Waals surface area contributed by atoms with Crippen LogP contribution in [-0.2, 0) is 20.0 Å². The van der Waals surface area contributed by atoms with Crippen molar-refractivity contribution in [2.45, 2.75) is 48.3 Å². The van der Waals surface area contributed by atoms with Gasteiger partial charge in [0.25, 0.3) is 0 Å². The predicted molar refractivity (Wildman–Crippen MR) is 117 cm³/mol. The Morgan fingerprint density at radius 2 is 0.767 bits per heavy atom. The van der Waals surface area contributed by atoms with Gasteiger partial charge in [-0.05, 0) is 61.1 Å². The van der Waals surface area contributed by atoms with Crippen LogP contribution >= 0.6 is 0 Å². The second kappa shape index (κ2) is 8.78. The van der Waals surface area contributed by atoms with Gasteiger partial charge in [0.15, 0.2) is 0 Å². The van der Waals surface area contributed by atoms with E-state index in [0.717, 1.165) is 49.7 Å².